The Kier molecular flexibility index (Phi) is 7.16. The maximum absolute atomic E-state index is 11.5. The number of hydrogen-bond donors (Lipinski definition) is 0. The van der Waals surface area contributed by atoms with Crippen LogP contribution in [0.25, 0.3) is 0 Å². The number of Topliss-reactive ketones (excluding diaryl/α,β-unsaturated/α-hetero) is 1. The fourth-order valence-electron chi connectivity index (χ4n) is 2.35. The summed E-state index contributed by atoms with van der Waals surface area (Å²) in [5.41, 5.74) is 0.944. The molecule has 0 aromatic carbocycles. The standard InChI is InChI=1S/C16H24O3/c1-3-6-13(11-12-16(18)19-2)7-4-8-14-9-5-10-15(14)17/h4,7,9,13H,3,5-6,8,10-12H2,1-2H3/b7-4-. The first-order valence-corrected chi connectivity index (χ1v) is 7.13. The molecule has 1 aliphatic rings. The van der Waals surface area contributed by atoms with Crippen LogP contribution in [0.4, 0.5) is 0 Å². The molecular formula is C16H24O3. The Hall–Kier alpha value is -1.38. The lowest BCUT2D eigenvalue weighted by Gasteiger charge is -2.10. The van der Waals surface area contributed by atoms with Crippen LogP contribution in [-0.2, 0) is 14.3 Å². The fourth-order valence-corrected chi connectivity index (χ4v) is 2.35. The third-order valence-corrected chi connectivity index (χ3v) is 3.47. The molecule has 3 nitrogen and oxygen atoms in total. The molecule has 0 radical (unpaired) electrons. The van der Waals surface area contributed by atoms with Gasteiger partial charge in [0, 0.05) is 12.8 Å². The number of methoxy groups -OCH3 is 1. The molecule has 0 aliphatic heterocycles. The molecule has 0 spiro atoms. The third-order valence-electron chi connectivity index (χ3n) is 3.47. The summed E-state index contributed by atoms with van der Waals surface area (Å²) in [7, 11) is 1.42. The van der Waals surface area contributed by atoms with Gasteiger partial charge in [-0.25, -0.2) is 0 Å². The van der Waals surface area contributed by atoms with E-state index in [-0.39, 0.29) is 11.8 Å². The SMILES string of the molecule is CCCC(/C=C\CC1=CCCC1=O)CCC(=O)OC. The Morgan fingerprint density at radius 1 is 1.47 bits per heavy atom. The summed E-state index contributed by atoms with van der Waals surface area (Å²) in [6.07, 6.45) is 12.0. The smallest absolute Gasteiger partial charge is 0.305 e. The zero-order chi connectivity index (χ0) is 14.1. The molecule has 3 heteroatoms. The second-order valence-corrected chi connectivity index (χ2v) is 4.99. The summed E-state index contributed by atoms with van der Waals surface area (Å²) in [4.78, 5) is 22.6. The van der Waals surface area contributed by atoms with Gasteiger partial charge in [0.15, 0.2) is 5.78 Å². The van der Waals surface area contributed by atoms with E-state index in [9.17, 15) is 9.59 Å². The van der Waals surface area contributed by atoms with Gasteiger partial charge < -0.3 is 4.74 Å². The van der Waals surface area contributed by atoms with Crippen LogP contribution in [0.1, 0.15) is 51.9 Å². The van der Waals surface area contributed by atoms with Gasteiger partial charge in [-0.2, -0.15) is 0 Å². The van der Waals surface area contributed by atoms with Gasteiger partial charge in [0.25, 0.3) is 0 Å². The zero-order valence-corrected chi connectivity index (χ0v) is 12.0. The number of ketones is 1. The number of carbonyl (C=O) groups is 2. The van der Waals surface area contributed by atoms with Crippen molar-refractivity contribution in [3.63, 3.8) is 0 Å². The molecule has 0 heterocycles. The molecule has 19 heavy (non-hydrogen) atoms. The molecule has 0 aromatic rings. The predicted molar refractivity (Wildman–Crippen MR) is 75.7 cm³/mol. The summed E-state index contributed by atoms with van der Waals surface area (Å²) in [6.45, 7) is 2.14. The zero-order valence-electron chi connectivity index (χ0n) is 12.0. The van der Waals surface area contributed by atoms with Crippen molar-refractivity contribution in [2.75, 3.05) is 7.11 Å². The average Bonchev–Trinajstić information content (AvgIpc) is 2.81. The minimum absolute atomic E-state index is 0.150. The van der Waals surface area contributed by atoms with Gasteiger partial charge in [0.1, 0.15) is 0 Å². The number of rotatable bonds is 8. The van der Waals surface area contributed by atoms with Crippen LogP contribution in [0, 0.1) is 5.92 Å². The van der Waals surface area contributed by atoms with E-state index in [2.05, 4.69) is 23.8 Å². The van der Waals surface area contributed by atoms with Crippen molar-refractivity contribution >= 4 is 11.8 Å². The lowest BCUT2D eigenvalue weighted by Crippen LogP contribution is -2.04. The molecule has 1 rings (SSSR count). The highest BCUT2D eigenvalue weighted by atomic mass is 16.5. The molecule has 0 aromatic heterocycles. The van der Waals surface area contributed by atoms with Crippen LogP contribution in [-0.4, -0.2) is 18.9 Å². The van der Waals surface area contributed by atoms with Crippen molar-refractivity contribution in [1.82, 2.24) is 0 Å². The van der Waals surface area contributed by atoms with E-state index in [4.69, 9.17) is 0 Å². The van der Waals surface area contributed by atoms with Gasteiger partial charge in [-0.3, -0.25) is 9.59 Å². The van der Waals surface area contributed by atoms with Crippen LogP contribution in [0.2, 0.25) is 0 Å². The number of ether oxygens (including phenoxy) is 1. The largest absolute Gasteiger partial charge is 0.469 e. The van der Waals surface area contributed by atoms with Crippen LogP contribution in [0.15, 0.2) is 23.8 Å². The molecule has 1 aliphatic carbocycles. The highest BCUT2D eigenvalue weighted by Crippen LogP contribution is 2.20. The maximum atomic E-state index is 11.5. The Morgan fingerprint density at radius 3 is 2.84 bits per heavy atom. The van der Waals surface area contributed by atoms with E-state index in [1.807, 2.05) is 6.08 Å². The van der Waals surface area contributed by atoms with Crippen molar-refractivity contribution in [2.24, 2.45) is 5.92 Å². The molecule has 0 saturated heterocycles. The monoisotopic (exact) mass is 264 g/mol. The first kappa shape index (κ1) is 15.7. The second-order valence-electron chi connectivity index (χ2n) is 4.99. The van der Waals surface area contributed by atoms with Gasteiger partial charge >= 0.3 is 5.97 Å². The van der Waals surface area contributed by atoms with Gasteiger partial charge in [-0.15, -0.1) is 0 Å². The average molecular weight is 264 g/mol. The van der Waals surface area contributed by atoms with Crippen molar-refractivity contribution < 1.29 is 14.3 Å². The van der Waals surface area contributed by atoms with Crippen LogP contribution in [0.5, 0.6) is 0 Å². The van der Waals surface area contributed by atoms with Crippen molar-refractivity contribution in [2.45, 2.75) is 51.9 Å². The Balaban J connectivity index is 2.39. The van der Waals surface area contributed by atoms with Gasteiger partial charge in [0.2, 0.25) is 0 Å². The highest BCUT2D eigenvalue weighted by molar-refractivity contribution is 5.97. The van der Waals surface area contributed by atoms with Crippen LogP contribution < -0.4 is 0 Å². The van der Waals surface area contributed by atoms with Gasteiger partial charge in [-0.1, -0.05) is 31.6 Å². The molecule has 0 saturated carbocycles. The number of hydrogen-bond acceptors (Lipinski definition) is 3. The molecule has 0 fully saturated rings. The van der Waals surface area contributed by atoms with Crippen molar-refractivity contribution in [3.05, 3.63) is 23.8 Å². The Morgan fingerprint density at radius 2 is 2.26 bits per heavy atom. The molecule has 0 amide bonds. The third kappa shape index (κ3) is 5.86. The van der Waals surface area contributed by atoms with E-state index >= 15 is 0 Å². The van der Waals surface area contributed by atoms with Gasteiger partial charge in [0.05, 0.1) is 7.11 Å². The lowest BCUT2D eigenvalue weighted by atomic mass is 9.96. The van der Waals surface area contributed by atoms with E-state index in [1.54, 1.807) is 0 Å². The molecule has 106 valence electrons. The first-order chi connectivity index (χ1) is 9.17. The van der Waals surface area contributed by atoms with E-state index < -0.39 is 0 Å². The first-order valence-electron chi connectivity index (χ1n) is 7.13. The van der Waals surface area contributed by atoms with Gasteiger partial charge in [-0.05, 0) is 37.2 Å². The quantitative estimate of drug-likeness (QED) is 0.497. The van der Waals surface area contributed by atoms with Crippen molar-refractivity contribution in [1.29, 1.82) is 0 Å². The highest BCUT2D eigenvalue weighted by Gasteiger charge is 2.13. The topological polar surface area (TPSA) is 43.4 Å². The van der Waals surface area contributed by atoms with Crippen LogP contribution >= 0.6 is 0 Å². The molecular weight excluding hydrogens is 240 g/mol. The maximum Gasteiger partial charge on any atom is 0.305 e. The summed E-state index contributed by atoms with van der Waals surface area (Å²) >= 11 is 0. The molecule has 0 bridgehead atoms. The summed E-state index contributed by atoms with van der Waals surface area (Å²) in [5, 5.41) is 0. The predicted octanol–water partition coefficient (Wildman–Crippen LogP) is 3.59. The molecule has 1 unspecified atom stereocenters. The summed E-state index contributed by atoms with van der Waals surface area (Å²) in [6, 6.07) is 0. The number of esters is 1. The number of carbonyl (C=O) groups excluding carboxylic acids is 2. The second kappa shape index (κ2) is 8.68. The normalized spacial score (nSPS) is 16.7. The fraction of sp³-hybridized carbons (Fsp3) is 0.625. The Labute approximate surface area is 115 Å². The minimum atomic E-state index is -0.150. The lowest BCUT2D eigenvalue weighted by molar-refractivity contribution is -0.140. The minimum Gasteiger partial charge on any atom is -0.469 e. The van der Waals surface area contributed by atoms with E-state index in [1.165, 1.54) is 7.11 Å². The van der Waals surface area contributed by atoms with Crippen LogP contribution in [0.3, 0.4) is 0 Å². The summed E-state index contributed by atoms with van der Waals surface area (Å²) in [5.74, 6) is 0.538. The Bertz CT molecular complexity index is 366. The van der Waals surface area contributed by atoms with E-state index in [0.29, 0.717) is 18.8 Å². The number of allylic oxidation sites excluding steroid dienone is 4. The molecule has 0 N–H and O–H groups in total. The summed E-state index contributed by atoms with van der Waals surface area (Å²) < 4.78 is 4.66. The van der Waals surface area contributed by atoms with E-state index in [0.717, 1.165) is 37.7 Å². The van der Waals surface area contributed by atoms with Crippen molar-refractivity contribution in [3.8, 4) is 0 Å². The molecule has 1 atom stereocenters.